The molecule has 0 bridgehead atoms. The third-order valence-electron chi connectivity index (χ3n) is 5.17. The topological polar surface area (TPSA) is 67.6 Å². The van der Waals surface area contributed by atoms with Crippen molar-refractivity contribution in [2.45, 2.75) is 57.0 Å². The maximum absolute atomic E-state index is 13.5. The molecular weight excluding hydrogens is 316 g/mol. The number of halogens is 2. The van der Waals surface area contributed by atoms with Gasteiger partial charge in [0.2, 0.25) is 0 Å². The number of likely N-dealkylation sites (tertiary alicyclic amines) is 2. The lowest BCUT2D eigenvalue weighted by molar-refractivity contribution is -0.131. The SMILES string of the molecule is CC(C)(/C=C(/C#N)C(=O)N1CCC[C@]1(C)CO)N1CCC(F)(F)C1. The lowest BCUT2D eigenvalue weighted by atomic mass is 9.96. The number of aliphatic hydroxyl groups is 1. The van der Waals surface area contributed by atoms with Crippen molar-refractivity contribution in [1.29, 1.82) is 5.26 Å². The van der Waals surface area contributed by atoms with Crippen molar-refractivity contribution in [3.8, 4) is 6.07 Å². The minimum atomic E-state index is -2.73. The Morgan fingerprint density at radius 3 is 2.54 bits per heavy atom. The molecule has 0 spiro atoms. The molecule has 0 unspecified atom stereocenters. The molecule has 24 heavy (non-hydrogen) atoms. The summed E-state index contributed by atoms with van der Waals surface area (Å²) in [6, 6.07) is 1.91. The highest BCUT2D eigenvalue weighted by atomic mass is 19.3. The monoisotopic (exact) mass is 341 g/mol. The number of carbonyl (C=O) groups excluding carboxylic acids is 1. The van der Waals surface area contributed by atoms with Crippen LogP contribution in [0.15, 0.2) is 11.6 Å². The minimum Gasteiger partial charge on any atom is -0.394 e. The van der Waals surface area contributed by atoms with E-state index in [1.807, 2.05) is 6.07 Å². The summed E-state index contributed by atoms with van der Waals surface area (Å²) in [6.45, 7) is 5.42. The van der Waals surface area contributed by atoms with Crippen molar-refractivity contribution in [3.05, 3.63) is 11.6 Å². The fourth-order valence-corrected chi connectivity index (χ4v) is 3.49. The van der Waals surface area contributed by atoms with E-state index < -0.39 is 22.9 Å². The van der Waals surface area contributed by atoms with E-state index in [0.29, 0.717) is 13.0 Å². The molecule has 7 heteroatoms. The zero-order chi connectivity index (χ0) is 18.2. The Hall–Kier alpha value is -1.52. The van der Waals surface area contributed by atoms with E-state index in [1.165, 1.54) is 11.0 Å². The summed E-state index contributed by atoms with van der Waals surface area (Å²) in [5.41, 5.74) is -1.55. The van der Waals surface area contributed by atoms with Crippen LogP contribution < -0.4 is 0 Å². The van der Waals surface area contributed by atoms with Crippen LogP contribution >= 0.6 is 0 Å². The zero-order valence-electron chi connectivity index (χ0n) is 14.5. The second-order valence-electron chi connectivity index (χ2n) is 7.57. The van der Waals surface area contributed by atoms with Gasteiger partial charge in [-0.05, 0) is 39.7 Å². The van der Waals surface area contributed by atoms with Crippen molar-refractivity contribution < 1.29 is 18.7 Å². The molecule has 134 valence electrons. The van der Waals surface area contributed by atoms with Gasteiger partial charge in [0.25, 0.3) is 11.8 Å². The van der Waals surface area contributed by atoms with E-state index in [4.69, 9.17) is 0 Å². The lowest BCUT2D eigenvalue weighted by Gasteiger charge is -2.35. The smallest absolute Gasteiger partial charge is 0.264 e. The number of aliphatic hydroxyl groups excluding tert-OH is 1. The van der Waals surface area contributed by atoms with Crippen molar-refractivity contribution in [2.24, 2.45) is 0 Å². The Morgan fingerprint density at radius 2 is 2.04 bits per heavy atom. The van der Waals surface area contributed by atoms with Gasteiger partial charge in [0.15, 0.2) is 0 Å². The Balaban J connectivity index is 2.22. The van der Waals surface area contributed by atoms with Crippen LogP contribution in [0, 0.1) is 11.3 Å². The minimum absolute atomic E-state index is 0.0585. The maximum Gasteiger partial charge on any atom is 0.264 e. The van der Waals surface area contributed by atoms with Gasteiger partial charge in [-0.2, -0.15) is 5.26 Å². The first-order chi connectivity index (χ1) is 11.0. The second-order valence-corrected chi connectivity index (χ2v) is 7.57. The Kier molecular flexibility index (Phi) is 5.03. The van der Waals surface area contributed by atoms with Crippen molar-refractivity contribution in [2.75, 3.05) is 26.2 Å². The highest BCUT2D eigenvalue weighted by Gasteiger charge is 2.44. The third-order valence-corrected chi connectivity index (χ3v) is 5.17. The molecule has 2 heterocycles. The van der Waals surface area contributed by atoms with Gasteiger partial charge >= 0.3 is 0 Å². The summed E-state index contributed by atoms with van der Waals surface area (Å²) in [4.78, 5) is 15.8. The van der Waals surface area contributed by atoms with Gasteiger partial charge in [0.1, 0.15) is 11.6 Å². The molecule has 5 nitrogen and oxygen atoms in total. The van der Waals surface area contributed by atoms with E-state index in [9.17, 15) is 23.9 Å². The number of hydrogen-bond donors (Lipinski definition) is 1. The summed E-state index contributed by atoms with van der Waals surface area (Å²) in [7, 11) is 0. The molecule has 0 aromatic rings. The van der Waals surface area contributed by atoms with Gasteiger partial charge in [-0.15, -0.1) is 0 Å². The first-order valence-electron chi connectivity index (χ1n) is 8.23. The highest BCUT2D eigenvalue weighted by Crippen LogP contribution is 2.34. The Bertz CT molecular complexity index is 583. The normalized spacial score (nSPS) is 28.2. The molecule has 2 fully saturated rings. The van der Waals surface area contributed by atoms with Crippen molar-refractivity contribution in [1.82, 2.24) is 9.80 Å². The fourth-order valence-electron chi connectivity index (χ4n) is 3.49. The standard InChI is InChI=1S/C17H25F2N3O2/c1-15(2,21-8-6-17(18,19)11-21)9-13(10-20)14(24)22-7-4-5-16(22,3)12-23/h9,23H,4-8,11-12H2,1-3H3/b13-9-/t16-/m1/s1. The molecule has 0 aromatic carbocycles. The fraction of sp³-hybridized carbons (Fsp3) is 0.765. The molecule has 2 rings (SSSR count). The quantitative estimate of drug-likeness (QED) is 0.627. The molecule has 2 aliphatic rings. The summed E-state index contributed by atoms with van der Waals surface area (Å²) in [5.74, 6) is -3.17. The van der Waals surface area contributed by atoms with Gasteiger partial charge in [-0.3, -0.25) is 9.69 Å². The van der Waals surface area contributed by atoms with E-state index in [1.54, 1.807) is 25.7 Å². The molecule has 0 aromatic heterocycles. The van der Waals surface area contributed by atoms with E-state index in [2.05, 4.69) is 0 Å². The number of rotatable bonds is 4. The average Bonchev–Trinajstić information content (AvgIpc) is 3.07. The van der Waals surface area contributed by atoms with Gasteiger partial charge in [-0.1, -0.05) is 0 Å². The van der Waals surface area contributed by atoms with E-state index in [0.717, 1.165) is 6.42 Å². The van der Waals surface area contributed by atoms with Gasteiger partial charge in [0.05, 0.1) is 18.7 Å². The predicted molar refractivity (Wildman–Crippen MR) is 85.3 cm³/mol. The molecule has 1 atom stereocenters. The van der Waals surface area contributed by atoms with Crippen LogP contribution in [-0.4, -0.2) is 64.1 Å². The number of alkyl halides is 2. The van der Waals surface area contributed by atoms with Crippen LogP contribution in [0.25, 0.3) is 0 Å². The maximum atomic E-state index is 13.5. The summed E-state index contributed by atoms with van der Waals surface area (Å²) >= 11 is 0. The third kappa shape index (κ3) is 3.60. The predicted octanol–water partition coefficient (Wildman–Crippen LogP) is 1.93. The Labute approximate surface area is 141 Å². The number of nitrogens with zero attached hydrogens (tertiary/aromatic N) is 3. The first kappa shape index (κ1) is 18.8. The summed E-state index contributed by atoms with van der Waals surface area (Å²) in [5, 5.41) is 19.0. The number of nitriles is 1. The highest BCUT2D eigenvalue weighted by molar-refractivity contribution is 5.98. The van der Waals surface area contributed by atoms with Gasteiger partial charge < -0.3 is 10.0 Å². The van der Waals surface area contributed by atoms with Crippen LogP contribution in [0.5, 0.6) is 0 Å². The molecule has 1 amide bonds. The van der Waals surface area contributed by atoms with Crippen LogP contribution in [-0.2, 0) is 4.79 Å². The molecule has 0 radical (unpaired) electrons. The number of hydrogen-bond acceptors (Lipinski definition) is 4. The van der Waals surface area contributed by atoms with Gasteiger partial charge in [-0.25, -0.2) is 8.78 Å². The average molecular weight is 341 g/mol. The Morgan fingerprint density at radius 1 is 1.38 bits per heavy atom. The largest absolute Gasteiger partial charge is 0.394 e. The van der Waals surface area contributed by atoms with Crippen LogP contribution in [0.2, 0.25) is 0 Å². The van der Waals surface area contributed by atoms with Crippen LogP contribution in [0.1, 0.15) is 40.0 Å². The number of amides is 1. The van der Waals surface area contributed by atoms with E-state index in [-0.39, 0.29) is 31.7 Å². The molecular formula is C17H25F2N3O2. The van der Waals surface area contributed by atoms with Crippen LogP contribution in [0.4, 0.5) is 8.78 Å². The van der Waals surface area contributed by atoms with Crippen molar-refractivity contribution >= 4 is 5.91 Å². The number of carbonyl (C=O) groups is 1. The molecule has 0 aliphatic carbocycles. The first-order valence-corrected chi connectivity index (χ1v) is 8.23. The lowest BCUT2D eigenvalue weighted by Crippen LogP contribution is -2.49. The zero-order valence-corrected chi connectivity index (χ0v) is 14.5. The van der Waals surface area contributed by atoms with Crippen LogP contribution in [0.3, 0.4) is 0 Å². The molecule has 2 saturated heterocycles. The summed E-state index contributed by atoms with van der Waals surface area (Å²) < 4.78 is 26.9. The van der Waals surface area contributed by atoms with Crippen molar-refractivity contribution in [3.63, 3.8) is 0 Å². The second kappa shape index (κ2) is 6.41. The van der Waals surface area contributed by atoms with Gasteiger partial charge in [0, 0.05) is 25.0 Å². The summed E-state index contributed by atoms with van der Waals surface area (Å²) in [6.07, 6.45) is 2.71. The molecule has 2 aliphatic heterocycles. The molecule has 0 saturated carbocycles. The van der Waals surface area contributed by atoms with E-state index >= 15 is 0 Å². The molecule has 1 N–H and O–H groups in total.